The zero-order chi connectivity index (χ0) is 27.6. The number of carbonyl (C=O) groups is 1. The standard InChI is InChI=1S/C28H35ClN4O4S2.ClH/c1-20-17-21(2)19-32(18-20)39(35,36)23-9-7-22(8-10-23)27(34)33(12-4-11-31-13-15-37-16-14-31)28-30-26-24(29)5-3-6-25(26)38-28;/h3,5-10,20-21H,4,11-19H2,1-2H3;1H. The first-order valence-corrected chi connectivity index (χ1v) is 16.1. The first-order valence-electron chi connectivity index (χ1n) is 13.5. The van der Waals surface area contributed by atoms with Crippen LogP contribution >= 0.6 is 35.3 Å². The van der Waals surface area contributed by atoms with E-state index in [4.69, 9.17) is 21.3 Å². The lowest BCUT2D eigenvalue weighted by Gasteiger charge is -2.34. The molecule has 40 heavy (non-hydrogen) atoms. The minimum Gasteiger partial charge on any atom is -0.379 e. The number of hydrogen-bond acceptors (Lipinski definition) is 7. The molecule has 2 aliphatic rings. The Labute approximate surface area is 251 Å². The first kappa shape index (κ1) is 31.2. The Balaban J connectivity index is 0.00000370. The maximum absolute atomic E-state index is 13.8. The summed E-state index contributed by atoms with van der Waals surface area (Å²) in [6.45, 7) is 9.76. The molecule has 0 aliphatic carbocycles. The minimum absolute atomic E-state index is 0. The average molecular weight is 628 g/mol. The summed E-state index contributed by atoms with van der Waals surface area (Å²) in [4.78, 5) is 22.8. The van der Waals surface area contributed by atoms with Crippen molar-refractivity contribution < 1.29 is 17.9 Å². The molecule has 2 aliphatic heterocycles. The number of benzene rings is 2. The lowest BCUT2D eigenvalue weighted by molar-refractivity contribution is 0.0376. The molecule has 2 saturated heterocycles. The molecule has 1 aromatic heterocycles. The van der Waals surface area contributed by atoms with Crippen LogP contribution in [0.4, 0.5) is 5.13 Å². The van der Waals surface area contributed by atoms with Crippen LogP contribution in [-0.4, -0.2) is 81.0 Å². The van der Waals surface area contributed by atoms with Crippen LogP contribution in [0, 0.1) is 11.8 Å². The number of sulfonamides is 1. The SMILES string of the molecule is CC1CC(C)CN(S(=O)(=O)c2ccc(C(=O)N(CCCN3CCOCC3)c3nc4c(Cl)cccc4s3)cc2)C1.Cl. The van der Waals surface area contributed by atoms with E-state index in [2.05, 4.69) is 18.7 Å². The number of halogens is 2. The van der Waals surface area contributed by atoms with Crippen molar-refractivity contribution in [2.45, 2.75) is 31.6 Å². The molecule has 2 fully saturated rings. The molecular weight excluding hydrogens is 591 g/mol. The summed E-state index contributed by atoms with van der Waals surface area (Å²) >= 11 is 7.81. The van der Waals surface area contributed by atoms with Gasteiger partial charge in [-0.2, -0.15) is 4.31 Å². The van der Waals surface area contributed by atoms with Crippen LogP contribution in [0.3, 0.4) is 0 Å². The van der Waals surface area contributed by atoms with Gasteiger partial charge in [0.15, 0.2) is 5.13 Å². The summed E-state index contributed by atoms with van der Waals surface area (Å²) < 4.78 is 34.6. The molecule has 0 radical (unpaired) electrons. The monoisotopic (exact) mass is 626 g/mol. The van der Waals surface area contributed by atoms with Gasteiger partial charge in [0.05, 0.1) is 27.8 Å². The molecule has 2 unspecified atom stereocenters. The zero-order valence-corrected chi connectivity index (χ0v) is 26.0. The maximum Gasteiger partial charge on any atom is 0.260 e. The number of rotatable bonds is 8. The normalized spacial score (nSPS) is 20.8. The number of ether oxygens (including phenoxy) is 1. The second-order valence-corrected chi connectivity index (χ2v) is 14.0. The van der Waals surface area contributed by atoms with Gasteiger partial charge in [-0.15, -0.1) is 12.4 Å². The van der Waals surface area contributed by atoms with Crippen LogP contribution in [0.1, 0.15) is 37.0 Å². The Kier molecular flexibility index (Phi) is 10.5. The van der Waals surface area contributed by atoms with Gasteiger partial charge in [-0.05, 0) is 61.1 Å². The van der Waals surface area contributed by atoms with Crippen LogP contribution in [0.5, 0.6) is 0 Å². The van der Waals surface area contributed by atoms with Crippen molar-refractivity contribution in [2.24, 2.45) is 11.8 Å². The number of aromatic nitrogens is 1. The molecule has 5 rings (SSSR count). The van der Waals surface area contributed by atoms with Crippen LogP contribution in [-0.2, 0) is 14.8 Å². The van der Waals surface area contributed by atoms with Crippen molar-refractivity contribution in [3.05, 3.63) is 53.1 Å². The highest BCUT2D eigenvalue weighted by molar-refractivity contribution is 7.89. The van der Waals surface area contributed by atoms with Crippen molar-refractivity contribution in [3.63, 3.8) is 0 Å². The molecule has 218 valence electrons. The smallest absolute Gasteiger partial charge is 0.260 e. The van der Waals surface area contributed by atoms with E-state index >= 15 is 0 Å². The summed E-state index contributed by atoms with van der Waals surface area (Å²) in [5.41, 5.74) is 1.10. The largest absolute Gasteiger partial charge is 0.379 e. The minimum atomic E-state index is -3.62. The summed E-state index contributed by atoms with van der Waals surface area (Å²) in [6, 6.07) is 11.9. The van der Waals surface area contributed by atoms with Crippen molar-refractivity contribution in [3.8, 4) is 0 Å². The molecule has 1 amide bonds. The van der Waals surface area contributed by atoms with Gasteiger partial charge in [0.2, 0.25) is 10.0 Å². The Morgan fingerprint density at radius 2 is 1.77 bits per heavy atom. The number of piperidine rings is 1. The fraction of sp³-hybridized carbons (Fsp3) is 0.500. The van der Waals surface area contributed by atoms with Crippen molar-refractivity contribution >= 4 is 66.6 Å². The van der Waals surface area contributed by atoms with E-state index in [1.54, 1.807) is 39.5 Å². The highest BCUT2D eigenvalue weighted by Crippen LogP contribution is 2.34. The van der Waals surface area contributed by atoms with Gasteiger partial charge >= 0.3 is 0 Å². The van der Waals surface area contributed by atoms with Gasteiger partial charge in [-0.1, -0.05) is 42.9 Å². The van der Waals surface area contributed by atoms with Crippen LogP contribution < -0.4 is 4.90 Å². The van der Waals surface area contributed by atoms with Gasteiger partial charge in [0, 0.05) is 44.8 Å². The predicted molar refractivity (Wildman–Crippen MR) is 164 cm³/mol. The first-order chi connectivity index (χ1) is 18.7. The Morgan fingerprint density at radius 1 is 1.10 bits per heavy atom. The topological polar surface area (TPSA) is 83.1 Å². The number of fused-ring (bicyclic) bond motifs is 1. The molecule has 0 N–H and O–H groups in total. The number of thiazole rings is 1. The molecule has 2 aromatic carbocycles. The van der Waals surface area contributed by atoms with E-state index in [0.717, 1.165) is 50.4 Å². The number of hydrogen-bond donors (Lipinski definition) is 0. The highest BCUT2D eigenvalue weighted by Gasteiger charge is 2.32. The Hall–Kier alpha value is -1.79. The molecule has 12 heteroatoms. The molecule has 0 spiro atoms. The van der Waals surface area contributed by atoms with E-state index in [1.165, 1.54) is 11.3 Å². The van der Waals surface area contributed by atoms with Gasteiger partial charge in [0.25, 0.3) is 5.91 Å². The fourth-order valence-electron chi connectivity index (χ4n) is 5.46. The maximum atomic E-state index is 13.8. The summed E-state index contributed by atoms with van der Waals surface area (Å²) in [6.07, 6.45) is 1.80. The van der Waals surface area contributed by atoms with Gasteiger partial charge < -0.3 is 4.74 Å². The molecule has 8 nitrogen and oxygen atoms in total. The van der Waals surface area contributed by atoms with Crippen LogP contribution in [0.15, 0.2) is 47.4 Å². The third-order valence-electron chi connectivity index (χ3n) is 7.37. The predicted octanol–water partition coefficient (Wildman–Crippen LogP) is 5.41. The number of morpholine rings is 1. The van der Waals surface area contributed by atoms with Gasteiger partial charge in [-0.25, -0.2) is 13.4 Å². The number of anilines is 1. The molecular formula is C28H36Cl2N4O4S2. The van der Waals surface area contributed by atoms with E-state index < -0.39 is 10.0 Å². The van der Waals surface area contributed by atoms with Crippen LogP contribution in [0.25, 0.3) is 10.2 Å². The van der Waals surface area contributed by atoms with Crippen molar-refractivity contribution in [1.29, 1.82) is 0 Å². The van der Waals surface area contributed by atoms with Crippen molar-refractivity contribution in [1.82, 2.24) is 14.2 Å². The lowest BCUT2D eigenvalue weighted by Crippen LogP contribution is -2.42. The Bertz CT molecular complexity index is 1400. The summed E-state index contributed by atoms with van der Waals surface area (Å²) in [5, 5.41) is 1.13. The third-order valence-corrected chi connectivity index (χ3v) is 10.6. The Morgan fingerprint density at radius 3 is 2.42 bits per heavy atom. The van der Waals surface area contributed by atoms with Crippen molar-refractivity contribution in [2.75, 3.05) is 57.4 Å². The molecule has 0 saturated carbocycles. The third kappa shape index (κ3) is 6.98. The van der Waals surface area contributed by atoms with Gasteiger partial charge in [0.1, 0.15) is 5.52 Å². The number of carbonyl (C=O) groups excluding carboxylic acids is 1. The van der Waals surface area contributed by atoms with E-state index in [1.807, 2.05) is 12.1 Å². The molecule has 3 heterocycles. The zero-order valence-electron chi connectivity index (χ0n) is 22.8. The van der Waals surface area contributed by atoms with Gasteiger partial charge in [-0.3, -0.25) is 14.6 Å². The summed E-state index contributed by atoms with van der Waals surface area (Å²) in [7, 11) is -3.62. The molecule has 3 aromatic rings. The lowest BCUT2D eigenvalue weighted by atomic mass is 9.94. The van der Waals surface area contributed by atoms with E-state index in [9.17, 15) is 13.2 Å². The second kappa shape index (κ2) is 13.5. The van der Waals surface area contributed by atoms with E-state index in [0.29, 0.717) is 52.7 Å². The highest BCUT2D eigenvalue weighted by atomic mass is 35.5. The quantitative estimate of drug-likeness (QED) is 0.333. The fourth-order valence-corrected chi connectivity index (χ4v) is 8.43. The van der Waals surface area contributed by atoms with Crippen LogP contribution in [0.2, 0.25) is 5.02 Å². The average Bonchev–Trinajstić information content (AvgIpc) is 3.36. The second-order valence-electron chi connectivity index (χ2n) is 10.6. The number of nitrogens with zero attached hydrogens (tertiary/aromatic N) is 4. The van der Waals surface area contributed by atoms with E-state index in [-0.39, 0.29) is 23.2 Å². The number of amides is 1. The molecule has 2 atom stereocenters. The number of para-hydroxylation sites is 1. The summed E-state index contributed by atoms with van der Waals surface area (Å²) in [5.74, 6) is 0.423. The molecule has 0 bridgehead atoms.